The fourth-order valence-electron chi connectivity index (χ4n) is 4.14. The predicted molar refractivity (Wildman–Crippen MR) is 89.3 cm³/mol. The summed E-state index contributed by atoms with van der Waals surface area (Å²) in [5.74, 6) is 0.584. The first-order valence-electron chi connectivity index (χ1n) is 8.12. The molecule has 0 bridgehead atoms. The van der Waals surface area contributed by atoms with Crippen molar-refractivity contribution in [3.05, 3.63) is 77.4 Å². The summed E-state index contributed by atoms with van der Waals surface area (Å²) in [6.07, 6.45) is 7.70. The van der Waals surface area contributed by atoms with Crippen LogP contribution < -0.4 is 0 Å². The zero-order valence-corrected chi connectivity index (χ0v) is 12.7. The molecule has 2 aromatic carbocycles. The molecule has 0 radical (unpaired) electrons. The van der Waals surface area contributed by atoms with Crippen LogP contribution in [-0.2, 0) is 6.42 Å². The maximum Gasteiger partial charge on any atom is 0.00245 e. The molecule has 0 nitrogen and oxygen atoms in total. The molecule has 2 aliphatic carbocycles. The second-order valence-electron chi connectivity index (χ2n) is 6.85. The van der Waals surface area contributed by atoms with E-state index in [1.165, 1.54) is 42.4 Å². The Hall–Kier alpha value is -1.82. The Kier molecular flexibility index (Phi) is 2.99. The molecule has 0 saturated heterocycles. The van der Waals surface area contributed by atoms with Gasteiger partial charge in [0.15, 0.2) is 0 Å². The van der Waals surface area contributed by atoms with Gasteiger partial charge in [0.05, 0.1) is 0 Å². The monoisotopic (exact) mass is 274 g/mol. The van der Waals surface area contributed by atoms with Crippen molar-refractivity contribution in [1.29, 1.82) is 0 Å². The molecule has 0 heteroatoms. The zero-order valence-electron chi connectivity index (χ0n) is 12.7. The van der Waals surface area contributed by atoms with Gasteiger partial charge >= 0.3 is 0 Å². The summed E-state index contributed by atoms with van der Waals surface area (Å²) in [7, 11) is 0. The number of fused-ring (bicyclic) bond motifs is 3. The third-order valence-electron chi connectivity index (χ3n) is 5.51. The molecule has 0 N–H and O–H groups in total. The molecule has 21 heavy (non-hydrogen) atoms. The quantitative estimate of drug-likeness (QED) is 0.635. The molecular weight excluding hydrogens is 252 g/mol. The minimum Gasteiger partial charge on any atom is -0.0726 e. The van der Waals surface area contributed by atoms with Crippen molar-refractivity contribution >= 4 is 5.57 Å². The van der Waals surface area contributed by atoms with E-state index in [1.807, 2.05) is 0 Å². The minimum absolute atomic E-state index is 0.389. The number of benzene rings is 2. The van der Waals surface area contributed by atoms with Crippen LogP contribution >= 0.6 is 0 Å². The lowest BCUT2D eigenvalue weighted by Gasteiger charge is -2.42. The summed E-state index contributed by atoms with van der Waals surface area (Å²) >= 11 is 0. The predicted octanol–water partition coefficient (Wildman–Crippen LogP) is 5.60. The van der Waals surface area contributed by atoms with Gasteiger partial charge in [-0.1, -0.05) is 67.6 Å². The molecular formula is C21H22. The van der Waals surface area contributed by atoms with Crippen LogP contribution in [0.1, 0.15) is 48.8 Å². The first-order chi connectivity index (χ1) is 10.3. The molecule has 2 atom stereocenters. The number of rotatable bonds is 1. The molecule has 2 aromatic rings. The van der Waals surface area contributed by atoms with E-state index in [1.54, 1.807) is 5.57 Å². The third-order valence-corrected chi connectivity index (χ3v) is 5.51. The van der Waals surface area contributed by atoms with Crippen LogP contribution in [0.2, 0.25) is 0 Å². The van der Waals surface area contributed by atoms with E-state index < -0.39 is 0 Å². The standard InChI is InChI=1S/C21H22/c1-21-13-11-17-9-5-6-10-19(17)20(21)15-18(12-14-21)16-7-3-2-4-8-16/h2-10,15,18H,11-14H2,1H3/t18-,21+/m0/s1. The van der Waals surface area contributed by atoms with Gasteiger partial charge in [0.1, 0.15) is 0 Å². The maximum atomic E-state index is 2.57. The molecule has 0 amide bonds. The smallest absolute Gasteiger partial charge is 0.00245 e. The second-order valence-corrected chi connectivity index (χ2v) is 6.85. The van der Waals surface area contributed by atoms with Crippen LogP contribution in [0.4, 0.5) is 0 Å². The number of aryl methyl sites for hydroxylation is 1. The van der Waals surface area contributed by atoms with Crippen molar-refractivity contribution in [2.24, 2.45) is 5.41 Å². The van der Waals surface area contributed by atoms with E-state index in [0.29, 0.717) is 11.3 Å². The Bertz CT molecular complexity index is 680. The van der Waals surface area contributed by atoms with Gasteiger partial charge in [0.2, 0.25) is 0 Å². The molecule has 2 aliphatic rings. The largest absolute Gasteiger partial charge is 0.0726 e. The highest BCUT2D eigenvalue weighted by atomic mass is 14.4. The molecule has 0 unspecified atom stereocenters. The van der Waals surface area contributed by atoms with Gasteiger partial charge in [-0.05, 0) is 53.4 Å². The lowest BCUT2D eigenvalue weighted by atomic mass is 9.62. The maximum absolute atomic E-state index is 2.57. The average molecular weight is 274 g/mol. The SMILES string of the molecule is C[C@]12CCc3ccccc3C1=C[C@@H](c1ccccc1)CC2. The highest BCUT2D eigenvalue weighted by Gasteiger charge is 2.37. The summed E-state index contributed by atoms with van der Waals surface area (Å²) in [6.45, 7) is 2.47. The van der Waals surface area contributed by atoms with E-state index in [4.69, 9.17) is 0 Å². The molecule has 0 aromatic heterocycles. The van der Waals surface area contributed by atoms with Gasteiger partial charge in [-0.15, -0.1) is 0 Å². The Balaban J connectivity index is 1.81. The summed E-state index contributed by atoms with van der Waals surface area (Å²) in [4.78, 5) is 0. The lowest BCUT2D eigenvalue weighted by Crippen LogP contribution is -2.28. The molecule has 0 saturated carbocycles. The van der Waals surface area contributed by atoms with E-state index in [2.05, 4.69) is 67.6 Å². The fraction of sp³-hybridized carbons (Fsp3) is 0.333. The number of hydrogen-bond donors (Lipinski definition) is 0. The van der Waals surface area contributed by atoms with Crippen LogP contribution in [0.25, 0.3) is 5.57 Å². The van der Waals surface area contributed by atoms with Crippen molar-refractivity contribution in [3.8, 4) is 0 Å². The van der Waals surface area contributed by atoms with Gasteiger partial charge < -0.3 is 0 Å². The highest BCUT2D eigenvalue weighted by molar-refractivity contribution is 5.75. The van der Waals surface area contributed by atoms with Crippen LogP contribution in [-0.4, -0.2) is 0 Å². The van der Waals surface area contributed by atoms with Crippen LogP contribution in [0.3, 0.4) is 0 Å². The molecule has 4 rings (SSSR count). The second kappa shape index (κ2) is 4.87. The average Bonchev–Trinajstić information content (AvgIpc) is 2.55. The highest BCUT2D eigenvalue weighted by Crippen LogP contribution is 2.52. The third kappa shape index (κ3) is 2.14. The molecule has 0 heterocycles. The molecule has 0 spiro atoms. The van der Waals surface area contributed by atoms with E-state index >= 15 is 0 Å². The molecule has 0 aliphatic heterocycles. The van der Waals surface area contributed by atoms with E-state index in [-0.39, 0.29) is 0 Å². The van der Waals surface area contributed by atoms with Gasteiger partial charge in [-0.2, -0.15) is 0 Å². The van der Waals surface area contributed by atoms with Crippen molar-refractivity contribution in [2.75, 3.05) is 0 Å². The molecule has 106 valence electrons. The fourth-order valence-corrected chi connectivity index (χ4v) is 4.14. The normalized spacial score (nSPS) is 27.5. The topological polar surface area (TPSA) is 0 Å². The first kappa shape index (κ1) is 12.9. The van der Waals surface area contributed by atoms with Crippen LogP contribution in [0.5, 0.6) is 0 Å². The Labute approximate surface area is 127 Å². The van der Waals surface area contributed by atoms with Gasteiger partial charge in [-0.25, -0.2) is 0 Å². The van der Waals surface area contributed by atoms with E-state index in [0.717, 1.165) is 0 Å². The summed E-state index contributed by atoms with van der Waals surface area (Å²) in [5, 5.41) is 0. The number of allylic oxidation sites excluding steroid dienone is 2. The van der Waals surface area contributed by atoms with E-state index in [9.17, 15) is 0 Å². The van der Waals surface area contributed by atoms with Crippen LogP contribution in [0.15, 0.2) is 60.7 Å². The van der Waals surface area contributed by atoms with Crippen molar-refractivity contribution < 1.29 is 0 Å². The van der Waals surface area contributed by atoms with Gasteiger partial charge in [0.25, 0.3) is 0 Å². The van der Waals surface area contributed by atoms with Crippen molar-refractivity contribution in [3.63, 3.8) is 0 Å². The number of hydrogen-bond acceptors (Lipinski definition) is 0. The molecule has 0 fully saturated rings. The summed E-state index contributed by atoms with van der Waals surface area (Å²) < 4.78 is 0. The van der Waals surface area contributed by atoms with Crippen molar-refractivity contribution in [1.82, 2.24) is 0 Å². The Morgan fingerprint density at radius 3 is 2.52 bits per heavy atom. The zero-order chi connectivity index (χ0) is 14.3. The summed E-state index contributed by atoms with van der Waals surface area (Å²) in [5.41, 5.74) is 6.50. The Morgan fingerprint density at radius 1 is 0.905 bits per heavy atom. The summed E-state index contributed by atoms with van der Waals surface area (Å²) in [6, 6.07) is 20.0. The minimum atomic E-state index is 0.389. The lowest BCUT2D eigenvalue weighted by molar-refractivity contribution is 0.335. The van der Waals surface area contributed by atoms with Crippen molar-refractivity contribution in [2.45, 2.75) is 38.5 Å². The van der Waals surface area contributed by atoms with Crippen LogP contribution in [0, 0.1) is 5.41 Å². The van der Waals surface area contributed by atoms with Gasteiger partial charge in [-0.3, -0.25) is 0 Å². The van der Waals surface area contributed by atoms with Gasteiger partial charge in [0, 0.05) is 5.92 Å². The first-order valence-corrected chi connectivity index (χ1v) is 8.12. The Morgan fingerprint density at radius 2 is 1.67 bits per heavy atom.